The molecule has 0 radical (unpaired) electrons. The number of terminal acetylenes is 1. The molecule has 0 atom stereocenters. The molecule has 0 aliphatic rings. The van der Waals surface area contributed by atoms with Crippen LogP contribution in [0.5, 0.6) is 0 Å². The lowest BCUT2D eigenvalue weighted by Gasteiger charge is -1.98. The van der Waals surface area contributed by atoms with Crippen LogP contribution in [0.3, 0.4) is 0 Å². The molecular formula is C11H7N5OS. The average Bonchev–Trinajstić information content (AvgIpc) is 3.05. The maximum Gasteiger partial charge on any atom is 0.257 e. The van der Waals surface area contributed by atoms with Crippen molar-refractivity contribution >= 4 is 17.5 Å². The second-order valence-electron chi connectivity index (χ2n) is 3.30. The average molecular weight is 257 g/mol. The zero-order valence-electron chi connectivity index (χ0n) is 9.36. The second kappa shape index (κ2) is 4.16. The third kappa shape index (κ3) is 1.63. The van der Waals surface area contributed by atoms with Crippen molar-refractivity contribution in [2.24, 2.45) is 0 Å². The molecule has 3 aromatic rings. The minimum atomic E-state index is 0.297. The molecule has 0 spiro atoms. The van der Waals surface area contributed by atoms with Gasteiger partial charge < -0.3 is 4.42 Å². The molecule has 0 bridgehead atoms. The number of hydrogen-bond acceptors (Lipinski definition) is 6. The number of thioether (sulfide) groups is 1. The van der Waals surface area contributed by atoms with Gasteiger partial charge in [0.05, 0.1) is 6.26 Å². The van der Waals surface area contributed by atoms with Crippen molar-refractivity contribution in [1.82, 2.24) is 24.6 Å². The zero-order valence-corrected chi connectivity index (χ0v) is 10.2. The summed E-state index contributed by atoms with van der Waals surface area (Å²) in [5, 5.41) is 4.94. The molecule has 0 unspecified atom stereocenters. The molecule has 0 amide bonds. The molecule has 0 aliphatic carbocycles. The molecule has 0 saturated carbocycles. The Morgan fingerprint density at radius 2 is 2.28 bits per heavy atom. The fourth-order valence-corrected chi connectivity index (χ4v) is 1.94. The first kappa shape index (κ1) is 10.8. The summed E-state index contributed by atoms with van der Waals surface area (Å²) >= 11 is 1.42. The summed E-state index contributed by atoms with van der Waals surface area (Å²) < 4.78 is 6.79. The van der Waals surface area contributed by atoms with E-state index in [-0.39, 0.29) is 0 Å². The minimum Gasteiger partial charge on any atom is -0.461 e. The molecule has 0 N–H and O–H groups in total. The van der Waals surface area contributed by atoms with Crippen molar-refractivity contribution < 1.29 is 4.42 Å². The van der Waals surface area contributed by atoms with Crippen LogP contribution >= 0.6 is 11.8 Å². The molecule has 3 rings (SSSR count). The van der Waals surface area contributed by atoms with Gasteiger partial charge in [0.1, 0.15) is 0 Å². The first-order chi connectivity index (χ1) is 8.81. The lowest BCUT2D eigenvalue weighted by Crippen LogP contribution is -2.01. The van der Waals surface area contributed by atoms with Gasteiger partial charge in [-0.1, -0.05) is 11.8 Å². The fraction of sp³-hybridized carbons (Fsp3) is 0.0909. The summed E-state index contributed by atoms with van der Waals surface area (Å²) in [5.74, 6) is 4.14. The molecule has 3 aromatic heterocycles. The molecule has 0 saturated heterocycles. The van der Waals surface area contributed by atoms with Crippen LogP contribution in [-0.4, -0.2) is 30.8 Å². The highest BCUT2D eigenvalue weighted by molar-refractivity contribution is 7.98. The van der Waals surface area contributed by atoms with E-state index >= 15 is 0 Å². The quantitative estimate of drug-likeness (QED) is 0.511. The Labute approximate surface area is 106 Å². The molecule has 0 fully saturated rings. The van der Waals surface area contributed by atoms with E-state index in [0.29, 0.717) is 28.3 Å². The Balaban J connectivity index is 2.26. The van der Waals surface area contributed by atoms with Crippen molar-refractivity contribution in [3.8, 4) is 23.9 Å². The van der Waals surface area contributed by atoms with Crippen molar-refractivity contribution in [2.45, 2.75) is 5.16 Å². The third-order valence-electron chi connectivity index (χ3n) is 2.23. The van der Waals surface area contributed by atoms with Crippen LogP contribution < -0.4 is 0 Å². The molecule has 7 heteroatoms. The number of furan rings is 1. The molecular weight excluding hydrogens is 250 g/mol. The van der Waals surface area contributed by atoms with E-state index in [2.05, 4.69) is 26.0 Å². The highest BCUT2D eigenvalue weighted by Gasteiger charge is 2.13. The predicted molar refractivity (Wildman–Crippen MR) is 66.0 cm³/mol. The van der Waals surface area contributed by atoms with Gasteiger partial charge in [0.2, 0.25) is 11.6 Å². The standard InChI is InChI=1S/C11H7N5OS/c1-3-8-12-10-14-9(7-5-4-6-17-7)15-16(10)11(13-8)18-2/h1,4-6H,2H3. The van der Waals surface area contributed by atoms with Crippen LogP contribution in [0.1, 0.15) is 5.82 Å². The number of rotatable bonds is 2. The predicted octanol–water partition coefficient (Wildman–Crippen LogP) is 1.48. The number of aromatic nitrogens is 5. The van der Waals surface area contributed by atoms with Gasteiger partial charge in [0, 0.05) is 0 Å². The van der Waals surface area contributed by atoms with Gasteiger partial charge in [0.15, 0.2) is 10.9 Å². The summed E-state index contributed by atoms with van der Waals surface area (Å²) in [6, 6.07) is 3.55. The highest BCUT2D eigenvalue weighted by atomic mass is 32.2. The van der Waals surface area contributed by atoms with Crippen LogP contribution in [0.2, 0.25) is 0 Å². The molecule has 0 aliphatic heterocycles. The Bertz CT molecular complexity index is 741. The summed E-state index contributed by atoms with van der Waals surface area (Å²) in [4.78, 5) is 12.6. The summed E-state index contributed by atoms with van der Waals surface area (Å²) in [6.07, 6.45) is 8.76. The molecule has 3 heterocycles. The first-order valence-corrected chi connectivity index (χ1v) is 6.23. The maximum atomic E-state index is 5.31. The van der Waals surface area contributed by atoms with Crippen LogP contribution in [0.15, 0.2) is 28.0 Å². The minimum absolute atomic E-state index is 0.297. The van der Waals surface area contributed by atoms with Gasteiger partial charge in [-0.25, -0.2) is 0 Å². The van der Waals surface area contributed by atoms with E-state index in [1.165, 1.54) is 11.8 Å². The Kier molecular flexibility index (Phi) is 2.50. The summed E-state index contributed by atoms with van der Waals surface area (Å²) in [7, 11) is 0. The monoisotopic (exact) mass is 257 g/mol. The van der Waals surface area contributed by atoms with Gasteiger partial charge in [-0.3, -0.25) is 0 Å². The van der Waals surface area contributed by atoms with Crippen LogP contribution in [0.25, 0.3) is 17.4 Å². The molecule has 6 nitrogen and oxygen atoms in total. The van der Waals surface area contributed by atoms with Crippen LogP contribution in [0, 0.1) is 12.3 Å². The Morgan fingerprint density at radius 1 is 1.39 bits per heavy atom. The van der Waals surface area contributed by atoms with E-state index in [1.807, 2.05) is 6.26 Å². The Morgan fingerprint density at radius 3 is 2.94 bits per heavy atom. The molecule has 18 heavy (non-hydrogen) atoms. The third-order valence-corrected chi connectivity index (χ3v) is 2.86. The van der Waals surface area contributed by atoms with Gasteiger partial charge in [0.25, 0.3) is 5.78 Å². The molecule has 88 valence electrons. The normalized spacial score (nSPS) is 10.7. The lowest BCUT2D eigenvalue weighted by molar-refractivity contribution is 0.576. The smallest absolute Gasteiger partial charge is 0.257 e. The topological polar surface area (TPSA) is 69.1 Å². The van der Waals surface area contributed by atoms with Gasteiger partial charge in [-0.15, -0.1) is 11.5 Å². The summed E-state index contributed by atoms with van der Waals surface area (Å²) in [6.45, 7) is 0. The summed E-state index contributed by atoms with van der Waals surface area (Å²) in [5.41, 5.74) is 0. The number of nitrogens with zero attached hydrogens (tertiary/aromatic N) is 5. The van der Waals surface area contributed by atoms with E-state index < -0.39 is 0 Å². The van der Waals surface area contributed by atoms with Gasteiger partial charge in [-0.2, -0.15) is 19.5 Å². The Hall–Kier alpha value is -2.33. The van der Waals surface area contributed by atoms with Crippen LogP contribution in [-0.2, 0) is 0 Å². The highest BCUT2D eigenvalue weighted by Crippen LogP contribution is 2.18. The van der Waals surface area contributed by atoms with E-state index in [0.717, 1.165) is 0 Å². The van der Waals surface area contributed by atoms with Crippen molar-refractivity contribution in [3.63, 3.8) is 0 Å². The molecule has 0 aromatic carbocycles. The van der Waals surface area contributed by atoms with Gasteiger partial charge >= 0.3 is 0 Å². The van der Waals surface area contributed by atoms with Crippen molar-refractivity contribution in [2.75, 3.05) is 6.26 Å². The van der Waals surface area contributed by atoms with Crippen molar-refractivity contribution in [3.05, 3.63) is 24.2 Å². The number of fused-ring (bicyclic) bond motifs is 1. The van der Waals surface area contributed by atoms with E-state index in [9.17, 15) is 0 Å². The second-order valence-corrected chi connectivity index (χ2v) is 4.08. The lowest BCUT2D eigenvalue weighted by atomic mass is 10.4. The van der Waals surface area contributed by atoms with Crippen molar-refractivity contribution in [1.29, 1.82) is 0 Å². The zero-order chi connectivity index (χ0) is 12.5. The van der Waals surface area contributed by atoms with Gasteiger partial charge in [-0.05, 0) is 24.3 Å². The first-order valence-electron chi connectivity index (χ1n) is 5.01. The van der Waals surface area contributed by atoms with Crippen LogP contribution in [0.4, 0.5) is 0 Å². The number of hydrogen-bond donors (Lipinski definition) is 0. The maximum absolute atomic E-state index is 5.31. The van der Waals surface area contributed by atoms with E-state index in [4.69, 9.17) is 10.8 Å². The SMILES string of the molecule is C#Cc1nc(SC)n2nc(-c3ccco3)nc2n1. The van der Waals surface area contributed by atoms with E-state index in [1.54, 1.807) is 22.9 Å². The fourth-order valence-electron chi connectivity index (χ4n) is 1.47. The largest absolute Gasteiger partial charge is 0.461 e.